The standard InChI is InChI=1S/C10H12FNO4/c1-15-5-2-6-16-10-4-3-8(12(13)14)7-9(10)11/h3-4,7H,2,5-6H2,1H3. The summed E-state index contributed by atoms with van der Waals surface area (Å²) in [4.78, 5) is 9.69. The van der Waals surface area contributed by atoms with Crippen LogP contribution in [0.25, 0.3) is 0 Å². The highest BCUT2D eigenvalue weighted by Gasteiger charge is 2.11. The van der Waals surface area contributed by atoms with Gasteiger partial charge in [-0.2, -0.15) is 0 Å². The van der Waals surface area contributed by atoms with Crippen LogP contribution in [-0.2, 0) is 4.74 Å². The molecule has 0 atom stereocenters. The van der Waals surface area contributed by atoms with Gasteiger partial charge in [0.05, 0.1) is 17.6 Å². The summed E-state index contributed by atoms with van der Waals surface area (Å²) in [6.07, 6.45) is 0.632. The number of ether oxygens (including phenoxy) is 2. The lowest BCUT2D eigenvalue weighted by Crippen LogP contribution is -2.02. The molecule has 1 rings (SSSR count). The van der Waals surface area contributed by atoms with Crippen LogP contribution < -0.4 is 4.74 Å². The molecule has 88 valence electrons. The van der Waals surface area contributed by atoms with E-state index in [1.54, 1.807) is 7.11 Å². The Labute approximate surface area is 91.9 Å². The number of nitrogens with zero attached hydrogens (tertiary/aromatic N) is 1. The Bertz CT molecular complexity index is 370. The fraction of sp³-hybridized carbons (Fsp3) is 0.400. The second-order valence-corrected chi connectivity index (χ2v) is 3.07. The van der Waals surface area contributed by atoms with E-state index in [-0.39, 0.29) is 11.4 Å². The van der Waals surface area contributed by atoms with Gasteiger partial charge in [-0.05, 0) is 6.07 Å². The molecule has 0 aliphatic heterocycles. The average molecular weight is 229 g/mol. The smallest absolute Gasteiger partial charge is 0.272 e. The molecule has 0 bridgehead atoms. The number of non-ortho nitro benzene ring substituents is 1. The zero-order chi connectivity index (χ0) is 12.0. The highest BCUT2D eigenvalue weighted by atomic mass is 19.1. The maximum atomic E-state index is 13.3. The summed E-state index contributed by atoms with van der Waals surface area (Å²) < 4.78 is 23.2. The number of hydrogen-bond donors (Lipinski definition) is 0. The third kappa shape index (κ3) is 3.47. The molecule has 0 fully saturated rings. The van der Waals surface area contributed by atoms with Gasteiger partial charge in [-0.3, -0.25) is 10.1 Å². The number of halogens is 1. The summed E-state index contributed by atoms with van der Waals surface area (Å²) in [7, 11) is 1.56. The van der Waals surface area contributed by atoms with Crippen LogP contribution in [0.2, 0.25) is 0 Å². The molecule has 0 saturated heterocycles. The summed E-state index contributed by atoms with van der Waals surface area (Å²) in [5, 5.41) is 10.3. The van der Waals surface area contributed by atoms with Gasteiger partial charge in [0.2, 0.25) is 0 Å². The normalized spacial score (nSPS) is 10.1. The Morgan fingerprint density at radius 1 is 1.44 bits per heavy atom. The molecular weight excluding hydrogens is 217 g/mol. The first-order valence-corrected chi connectivity index (χ1v) is 4.71. The van der Waals surface area contributed by atoms with Crippen LogP contribution >= 0.6 is 0 Å². The SMILES string of the molecule is COCCCOc1ccc([N+](=O)[O-])cc1F. The zero-order valence-electron chi connectivity index (χ0n) is 8.81. The predicted molar refractivity (Wildman–Crippen MR) is 55.0 cm³/mol. The molecule has 0 radical (unpaired) electrons. The summed E-state index contributed by atoms with van der Waals surface area (Å²) in [5.41, 5.74) is -0.290. The van der Waals surface area contributed by atoms with Crippen LogP contribution in [0.3, 0.4) is 0 Å². The Morgan fingerprint density at radius 2 is 2.19 bits per heavy atom. The quantitative estimate of drug-likeness (QED) is 0.426. The van der Waals surface area contributed by atoms with Gasteiger partial charge in [0.1, 0.15) is 0 Å². The van der Waals surface area contributed by atoms with Crippen LogP contribution in [0.4, 0.5) is 10.1 Å². The molecule has 0 spiro atoms. The summed E-state index contributed by atoms with van der Waals surface area (Å²) in [6.45, 7) is 0.831. The van der Waals surface area contributed by atoms with Crippen LogP contribution in [0, 0.1) is 15.9 Å². The average Bonchev–Trinajstić information content (AvgIpc) is 2.26. The Hall–Kier alpha value is -1.69. The van der Waals surface area contributed by atoms with Crippen molar-refractivity contribution in [3.8, 4) is 5.75 Å². The fourth-order valence-electron chi connectivity index (χ4n) is 1.11. The number of rotatable bonds is 6. The Kier molecular flexibility index (Phi) is 4.65. The molecule has 6 heteroatoms. The van der Waals surface area contributed by atoms with E-state index in [0.717, 1.165) is 6.07 Å². The highest BCUT2D eigenvalue weighted by Crippen LogP contribution is 2.22. The van der Waals surface area contributed by atoms with Crippen LogP contribution in [0.5, 0.6) is 5.75 Å². The first kappa shape index (κ1) is 12.4. The molecule has 0 aliphatic rings. The van der Waals surface area contributed by atoms with E-state index in [0.29, 0.717) is 19.6 Å². The minimum absolute atomic E-state index is 0.0155. The highest BCUT2D eigenvalue weighted by molar-refractivity contribution is 5.37. The third-order valence-electron chi connectivity index (χ3n) is 1.88. The second-order valence-electron chi connectivity index (χ2n) is 3.07. The monoisotopic (exact) mass is 229 g/mol. The van der Waals surface area contributed by atoms with E-state index in [9.17, 15) is 14.5 Å². The first-order chi connectivity index (χ1) is 7.65. The van der Waals surface area contributed by atoms with Crippen LogP contribution in [-0.4, -0.2) is 25.2 Å². The molecular formula is C10H12FNO4. The molecule has 5 nitrogen and oxygen atoms in total. The molecule has 0 unspecified atom stereocenters. The van der Waals surface area contributed by atoms with E-state index < -0.39 is 10.7 Å². The lowest BCUT2D eigenvalue weighted by molar-refractivity contribution is -0.385. The zero-order valence-corrected chi connectivity index (χ0v) is 8.81. The maximum Gasteiger partial charge on any atom is 0.272 e. The first-order valence-electron chi connectivity index (χ1n) is 4.71. The largest absolute Gasteiger partial charge is 0.490 e. The van der Waals surface area contributed by atoms with Gasteiger partial charge in [-0.15, -0.1) is 0 Å². The van der Waals surface area contributed by atoms with Crippen LogP contribution in [0.15, 0.2) is 18.2 Å². The minimum atomic E-state index is -0.730. The fourth-order valence-corrected chi connectivity index (χ4v) is 1.11. The van der Waals surface area contributed by atoms with Crippen molar-refractivity contribution in [3.63, 3.8) is 0 Å². The van der Waals surface area contributed by atoms with E-state index in [1.807, 2.05) is 0 Å². The minimum Gasteiger partial charge on any atom is -0.490 e. The van der Waals surface area contributed by atoms with Gasteiger partial charge >= 0.3 is 0 Å². The second kappa shape index (κ2) is 6.02. The van der Waals surface area contributed by atoms with E-state index in [2.05, 4.69) is 0 Å². The third-order valence-corrected chi connectivity index (χ3v) is 1.88. The van der Waals surface area contributed by atoms with Gasteiger partial charge in [0.15, 0.2) is 11.6 Å². The number of hydrogen-bond acceptors (Lipinski definition) is 4. The lowest BCUT2D eigenvalue weighted by atomic mass is 10.3. The molecule has 0 heterocycles. The van der Waals surface area contributed by atoms with Crippen molar-refractivity contribution in [3.05, 3.63) is 34.1 Å². The molecule has 0 saturated carbocycles. The van der Waals surface area contributed by atoms with Gasteiger partial charge in [0.25, 0.3) is 5.69 Å². The summed E-state index contributed by atoms with van der Waals surface area (Å²) >= 11 is 0. The molecule has 0 N–H and O–H groups in total. The summed E-state index contributed by atoms with van der Waals surface area (Å²) in [5.74, 6) is -0.715. The van der Waals surface area contributed by atoms with Gasteiger partial charge in [-0.25, -0.2) is 4.39 Å². The molecule has 0 aliphatic carbocycles. The van der Waals surface area contributed by atoms with E-state index in [4.69, 9.17) is 9.47 Å². The van der Waals surface area contributed by atoms with Crippen molar-refractivity contribution in [2.24, 2.45) is 0 Å². The van der Waals surface area contributed by atoms with Crippen molar-refractivity contribution in [1.29, 1.82) is 0 Å². The van der Waals surface area contributed by atoms with Crippen LogP contribution in [0.1, 0.15) is 6.42 Å². The number of benzene rings is 1. The van der Waals surface area contributed by atoms with Gasteiger partial charge < -0.3 is 9.47 Å². The number of nitro benzene ring substituents is 1. The Morgan fingerprint density at radius 3 is 2.75 bits per heavy atom. The van der Waals surface area contributed by atoms with Crippen molar-refractivity contribution in [2.75, 3.05) is 20.3 Å². The molecule has 0 amide bonds. The van der Waals surface area contributed by atoms with E-state index >= 15 is 0 Å². The van der Waals surface area contributed by atoms with Gasteiger partial charge in [0, 0.05) is 26.2 Å². The van der Waals surface area contributed by atoms with Crippen molar-refractivity contribution in [1.82, 2.24) is 0 Å². The topological polar surface area (TPSA) is 61.6 Å². The maximum absolute atomic E-state index is 13.3. The van der Waals surface area contributed by atoms with Gasteiger partial charge in [-0.1, -0.05) is 0 Å². The number of nitro groups is 1. The summed E-state index contributed by atoms with van der Waals surface area (Å²) in [6, 6.07) is 3.29. The predicted octanol–water partition coefficient (Wildman–Crippen LogP) is 2.15. The molecule has 16 heavy (non-hydrogen) atoms. The molecule has 1 aromatic rings. The van der Waals surface area contributed by atoms with Crippen molar-refractivity contribution < 1.29 is 18.8 Å². The molecule has 0 aromatic heterocycles. The van der Waals surface area contributed by atoms with E-state index in [1.165, 1.54) is 12.1 Å². The van der Waals surface area contributed by atoms with Crippen molar-refractivity contribution >= 4 is 5.69 Å². The number of methoxy groups -OCH3 is 1. The van der Waals surface area contributed by atoms with Crippen molar-refractivity contribution in [2.45, 2.75) is 6.42 Å². The lowest BCUT2D eigenvalue weighted by Gasteiger charge is -2.06. The Balaban J connectivity index is 2.57. The molecule has 1 aromatic carbocycles.